The van der Waals surface area contributed by atoms with Gasteiger partial charge in [0.2, 0.25) is 5.79 Å². The van der Waals surface area contributed by atoms with Crippen molar-refractivity contribution >= 4 is 0 Å². The molecule has 2 aliphatic heterocycles. The molecule has 0 aromatic heterocycles. The van der Waals surface area contributed by atoms with Gasteiger partial charge in [0, 0.05) is 6.04 Å². The lowest BCUT2D eigenvalue weighted by Gasteiger charge is -2.32. The fraction of sp³-hybridized carbons (Fsp3) is 1.00. The molecule has 2 aliphatic rings. The van der Waals surface area contributed by atoms with E-state index >= 15 is 0 Å². The summed E-state index contributed by atoms with van der Waals surface area (Å²) in [6.45, 7) is 0.283. The smallest absolute Gasteiger partial charge is 0.281 e. The third-order valence-electron chi connectivity index (χ3n) is 2.83. The van der Waals surface area contributed by atoms with Crippen LogP contribution >= 0.6 is 0 Å². The van der Waals surface area contributed by atoms with E-state index < -0.39 is 23.9 Å². The van der Waals surface area contributed by atoms with Crippen molar-refractivity contribution in [2.24, 2.45) is 11.7 Å². The lowest BCUT2D eigenvalue weighted by Crippen LogP contribution is -2.63. The topological polar surface area (TPSA) is 117 Å². The van der Waals surface area contributed by atoms with Gasteiger partial charge in [-0.3, -0.25) is 5.73 Å². The molecule has 0 saturated carbocycles. The Labute approximate surface area is 80.4 Å². The number of aliphatic hydroxyl groups is 3. The normalized spacial score (nSPS) is 50.8. The van der Waals surface area contributed by atoms with Gasteiger partial charge in [-0.1, -0.05) is 0 Å². The Kier molecular flexibility index (Phi) is 2.09. The van der Waals surface area contributed by atoms with Crippen LogP contribution in [0.2, 0.25) is 0 Å². The van der Waals surface area contributed by atoms with E-state index in [1.165, 1.54) is 0 Å². The SMILES string of the molecule is CNC1COC2OC(N)(O)C(O)(O)C12. The fourth-order valence-corrected chi connectivity index (χ4v) is 1.94. The van der Waals surface area contributed by atoms with Crippen molar-refractivity contribution in [1.82, 2.24) is 5.32 Å². The van der Waals surface area contributed by atoms with Gasteiger partial charge in [-0.05, 0) is 7.05 Å². The number of hydrogen-bond acceptors (Lipinski definition) is 7. The van der Waals surface area contributed by atoms with Crippen molar-refractivity contribution in [3.8, 4) is 0 Å². The minimum absolute atomic E-state index is 0.283. The third-order valence-corrected chi connectivity index (χ3v) is 2.83. The minimum Gasteiger partial charge on any atom is -0.360 e. The number of hydrogen-bond donors (Lipinski definition) is 5. The second-order valence-corrected chi connectivity index (χ2v) is 3.66. The molecular weight excluding hydrogens is 192 g/mol. The quantitative estimate of drug-likeness (QED) is 0.288. The van der Waals surface area contributed by atoms with Crippen LogP contribution in [0.3, 0.4) is 0 Å². The highest BCUT2D eigenvalue weighted by Gasteiger charge is 2.68. The van der Waals surface area contributed by atoms with Gasteiger partial charge in [-0.25, -0.2) is 0 Å². The highest BCUT2D eigenvalue weighted by Crippen LogP contribution is 2.43. The van der Waals surface area contributed by atoms with E-state index in [2.05, 4.69) is 5.32 Å². The van der Waals surface area contributed by atoms with Crippen LogP contribution in [-0.4, -0.2) is 53.0 Å². The average Bonchev–Trinajstić information content (AvgIpc) is 2.52. The summed E-state index contributed by atoms with van der Waals surface area (Å²) >= 11 is 0. The molecule has 0 spiro atoms. The van der Waals surface area contributed by atoms with Gasteiger partial charge in [-0.2, -0.15) is 0 Å². The summed E-state index contributed by atoms with van der Waals surface area (Å²) in [6, 6.07) is -0.312. The molecule has 0 aliphatic carbocycles. The predicted octanol–water partition coefficient (Wildman–Crippen LogP) is -3.14. The summed E-state index contributed by atoms with van der Waals surface area (Å²) in [5.41, 5.74) is 5.19. The van der Waals surface area contributed by atoms with E-state index in [-0.39, 0.29) is 12.6 Å². The maximum atomic E-state index is 9.63. The van der Waals surface area contributed by atoms with E-state index in [0.717, 1.165) is 0 Å². The number of likely N-dealkylation sites (N-methyl/N-ethyl adjacent to an activating group) is 1. The summed E-state index contributed by atoms with van der Waals surface area (Å²) in [5.74, 6) is -5.80. The molecule has 0 radical (unpaired) electrons. The Morgan fingerprint density at radius 1 is 1.43 bits per heavy atom. The average molecular weight is 206 g/mol. The van der Waals surface area contributed by atoms with Gasteiger partial charge in [0.1, 0.15) is 0 Å². The van der Waals surface area contributed by atoms with Crippen LogP contribution in [0.15, 0.2) is 0 Å². The molecule has 0 bridgehead atoms. The Balaban J connectivity index is 2.29. The van der Waals surface area contributed by atoms with Crippen LogP contribution in [0.5, 0.6) is 0 Å². The maximum absolute atomic E-state index is 9.63. The number of nitrogens with two attached hydrogens (primary N) is 1. The summed E-state index contributed by atoms with van der Waals surface area (Å²) in [4.78, 5) is 0. The van der Waals surface area contributed by atoms with E-state index in [9.17, 15) is 15.3 Å². The predicted molar refractivity (Wildman–Crippen MR) is 43.5 cm³/mol. The van der Waals surface area contributed by atoms with Crippen molar-refractivity contribution in [3.05, 3.63) is 0 Å². The fourth-order valence-electron chi connectivity index (χ4n) is 1.94. The third kappa shape index (κ3) is 1.12. The lowest BCUT2D eigenvalue weighted by molar-refractivity contribution is -0.349. The number of nitrogens with one attached hydrogen (secondary N) is 1. The second-order valence-electron chi connectivity index (χ2n) is 3.66. The first-order chi connectivity index (χ1) is 6.40. The molecule has 7 heteroatoms. The van der Waals surface area contributed by atoms with Gasteiger partial charge in [-0.15, -0.1) is 0 Å². The van der Waals surface area contributed by atoms with E-state index in [1.54, 1.807) is 7.05 Å². The van der Waals surface area contributed by atoms with Crippen molar-refractivity contribution < 1.29 is 24.8 Å². The first-order valence-corrected chi connectivity index (χ1v) is 4.33. The second kappa shape index (κ2) is 2.86. The summed E-state index contributed by atoms with van der Waals surface area (Å²) < 4.78 is 9.90. The van der Waals surface area contributed by atoms with Gasteiger partial charge in [0.15, 0.2) is 6.29 Å². The molecule has 0 amide bonds. The van der Waals surface area contributed by atoms with Gasteiger partial charge >= 0.3 is 0 Å². The van der Waals surface area contributed by atoms with Gasteiger partial charge < -0.3 is 30.1 Å². The molecule has 14 heavy (non-hydrogen) atoms. The Morgan fingerprint density at radius 3 is 2.64 bits per heavy atom. The van der Waals surface area contributed by atoms with Crippen molar-refractivity contribution in [1.29, 1.82) is 0 Å². The summed E-state index contributed by atoms with van der Waals surface area (Å²) in [7, 11) is 1.65. The number of rotatable bonds is 1. The minimum atomic E-state index is -2.51. The van der Waals surface area contributed by atoms with Crippen LogP contribution in [-0.2, 0) is 9.47 Å². The highest BCUT2D eigenvalue weighted by molar-refractivity contribution is 5.02. The molecule has 4 atom stereocenters. The highest BCUT2D eigenvalue weighted by atomic mass is 16.8. The zero-order chi connectivity index (χ0) is 10.6. The van der Waals surface area contributed by atoms with Gasteiger partial charge in [0.05, 0.1) is 12.5 Å². The van der Waals surface area contributed by atoms with Crippen LogP contribution in [0, 0.1) is 5.92 Å². The molecule has 2 rings (SSSR count). The van der Waals surface area contributed by atoms with Crippen LogP contribution in [0.25, 0.3) is 0 Å². The van der Waals surface area contributed by atoms with Gasteiger partial charge in [0.25, 0.3) is 5.91 Å². The monoisotopic (exact) mass is 206 g/mol. The van der Waals surface area contributed by atoms with Crippen molar-refractivity contribution in [3.63, 3.8) is 0 Å². The standard InChI is InChI=1S/C7H14N2O5/c1-9-3-2-13-5-4(3)6(10,11)7(8,12)14-5/h3-5,9-12H,2,8H2,1H3. The Morgan fingerprint density at radius 2 is 2.07 bits per heavy atom. The van der Waals surface area contributed by atoms with E-state index in [1.807, 2.05) is 0 Å². The number of ether oxygens (including phenoxy) is 2. The molecule has 0 aromatic carbocycles. The van der Waals surface area contributed by atoms with E-state index in [4.69, 9.17) is 15.2 Å². The van der Waals surface area contributed by atoms with Crippen molar-refractivity contribution in [2.75, 3.05) is 13.7 Å². The molecule has 2 fully saturated rings. The molecule has 2 saturated heterocycles. The zero-order valence-corrected chi connectivity index (χ0v) is 7.67. The van der Waals surface area contributed by atoms with Crippen LogP contribution < -0.4 is 11.1 Å². The summed E-state index contributed by atoms with van der Waals surface area (Å²) in [5, 5.41) is 31.5. The first kappa shape index (κ1) is 10.2. The van der Waals surface area contributed by atoms with Crippen LogP contribution in [0.1, 0.15) is 0 Å². The Bertz CT molecular complexity index is 244. The lowest BCUT2D eigenvalue weighted by atomic mass is 9.92. The Hall–Kier alpha value is -0.280. The van der Waals surface area contributed by atoms with Crippen LogP contribution in [0.4, 0.5) is 0 Å². The molecular formula is C7H14N2O5. The molecule has 4 unspecified atom stereocenters. The first-order valence-electron chi connectivity index (χ1n) is 4.33. The molecule has 82 valence electrons. The zero-order valence-electron chi connectivity index (χ0n) is 7.67. The molecule has 2 heterocycles. The number of fused-ring (bicyclic) bond motifs is 1. The van der Waals surface area contributed by atoms with Crippen molar-refractivity contribution in [2.45, 2.75) is 24.0 Å². The largest absolute Gasteiger partial charge is 0.360 e. The molecule has 0 aromatic rings. The maximum Gasteiger partial charge on any atom is 0.281 e. The summed E-state index contributed by atoms with van der Waals surface area (Å²) in [6.07, 6.45) is -0.891. The molecule has 6 N–H and O–H groups in total. The molecule has 7 nitrogen and oxygen atoms in total. The van der Waals surface area contributed by atoms with E-state index in [0.29, 0.717) is 0 Å².